The minimum absolute atomic E-state index is 0. The molecule has 18 rings (SSSR count). The average Bonchev–Trinajstić information content (AvgIpc) is 1.63. The number of anilines is 4. The van der Waals surface area contributed by atoms with Gasteiger partial charge in [0.1, 0.15) is 49.4 Å². The van der Waals surface area contributed by atoms with E-state index < -0.39 is 5.97 Å². The Morgan fingerprint density at radius 3 is 1.06 bits per heavy atom. The van der Waals surface area contributed by atoms with Crippen LogP contribution in [-0.4, -0.2) is 141 Å². The Bertz CT molecular complexity index is 6060. The Morgan fingerprint density at radius 2 is 0.740 bits per heavy atom. The average molecular weight is 1790 g/mol. The van der Waals surface area contributed by atoms with Gasteiger partial charge in [0.05, 0.1) is 102 Å². The summed E-state index contributed by atoms with van der Waals surface area (Å²) in [4.78, 5) is 105. The number of ether oxygens (including phenoxy) is 8. The van der Waals surface area contributed by atoms with Gasteiger partial charge in [-0.3, -0.25) is 68.3 Å². The summed E-state index contributed by atoms with van der Waals surface area (Å²) in [6, 6.07) is 57.0. The highest BCUT2D eigenvalue weighted by atomic mass is 35.5. The Kier molecular flexibility index (Phi) is 28.2. The first-order valence-corrected chi connectivity index (χ1v) is 45.6. The third-order valence-corrected chi connectivity index (χ3v) is 24.3. The van der Waals surface area contributed by atoms with Crippen LogP contribution in [0, 0.1) is 13.8 Å². The zero-order valence-corrected chi connectivity index (χ0v) is 73.3. The molecule has 127 heavy (non-hydrogen) atoms. The van der Waals surface area contributed by atoms with Crippen LogP contribution in [0.3, 0.4) is 0 Å². The molecule has 0 spiro atoms. The number of carboxylic acid groups (broad SMARTS) is 1. The van der Waals surface area contributed by atoms with E-state index in [9.17, 15) is 28.8 Å². The topological polar surface area (TPSA) is 271 Å². The smallest absolute Gasteiger partial charge is 0.303 e. The first-order valence-electron chi connectivity index (χ1n) is 41.8. The summed E-state index contributed by atoms with van der Waals surface area (Å²) in [5.41, 5.74) is 17.0. The molecule has 8 aliphatic rings. The number of amides is 5. The van der Waals surface area contributed by atoms with E-state index in [0.717, 1.165) is 90.6 Å². The molecule has 0 saturated carbocycles. The second-order valence-corrected chi connectivity index (χ2v) is 35.7. The second-order valence-electron chi connectivity index (χ2n) is 31.6. The Hall–Kier alpha value is -12.8. The standard InChI is InChI=1S/C50H49N5O7S2.C47H42N4O8.CH2Cl2.CH4/c1-31-18-39-41(52-27-36-22-34-10-4-6-12-43(34)54(36)49(39)57)25-45(31)61-29-32-19-33(21-38(20-32)60-16-9-8-14-48(56)51-15-17-64(3)63)30-62-47-26-42-40(24-46(47)59-2)50(58)55-37(28-53-42)23-35-11-5-7-13-44(35)55;1-28-15-36-38(48-24-33-19-31-9-3-5-11-40(31)50(33)46(36)54)22-42(28)58-26-29-16-30(18-35(17-29)57-14-8-7-13-45(52)53)27-59-44-23-39-37(21-43(44)56-2)47(55)51-34(25-49-39)20-32-10-4-6-12-41(32)51;2-1-3;/h4-7,10-13,18-21,24-28,36-37H,8-9,14-17,22-23,29-30H2,1-3H3,(H,51,56);3-6,9-12,15-18,21-25,33-34H,7-8,13-14,19-20,26-27H2,1-2H3,(H,52,53);1H2;1H4/t36-,37-,64?;33-,34-;;/m00../s1. The van der Waals surface area contributed by atoms with E-state index in [1.165, 1.54) is 7.11 Å². The first kappa shape index (κ1) is 89.1. The van der Waals surface area contributed by atoms with Gasteiger partial charge in [0.2, 0.25) is 5.91 Å². The number of benzene rings is 10. The summed E-state index contributed by atoms with van der Waals surface area (Å²) in [5, 5.41) is 12.2. The lowest BCUT2D eigenvalue weighted by Crippen LogP contribution is -2.37. The monoisotopic (exact) mass is 1790 g/mol. The number of hydrogen-bond acceptors (Lipinski definition) is 19. The molecule has 5 amide bonds. The fourth-order valence-electron chi connectivity index (χ4n) is 16.9. The number of carbonyl (C=O) groups is 6. The van der Waals surface area contributed by atoms with Crippen LogP contribution in [0.1, 0.15) is 143 Å². The van der Waals surface area contributed by atoms with Gasteiger partial charge < -0.3 is 48.3 Å². The Morgan fingerprint density at radius 1 is 0.433 bits per heavy atom. The minimum Gasteiger partial charge on any atom is -0.494 e. The van der Waals surface area contributed by atoms with Crippen molar-refractivity contribution in [2.75, 3.05) is 70.9 Å². The van der Waals surface area contributed by atoms with Gasteiger partial charge in [-0.15, -0.1) is 32.7 Å². The molecule has 28 heteroatoms. The van der Waals surface area contributed by atoms with E-state index in [4.69, 9.17) is 97.4 Å². The number of carbonyl (C=O) groups excluding carboxylic acids is 5. The van der Waals surface area contributed by atoms with Gasteiger partial charge in [-0.1, -0.05) is 91.4 Å². The largest absolute Gasteiger partial charge is 0.494 e. The highest BCUT2D eigenvalue weighted by Gasteiger charge is 2.41. The van der Waals surface area contributed by atoms with Gasteiger partial charge in [0, 0.05) is 123 Å². The van der Waals surface area contributed by atoms with Gasteiger partial charge in [-0.25, -0.2) is 0 Å². The van der Waals surface area contributed by atoms with Crippen molar-refractivity contribution in [1.82, 2.24) is 5.32 Å². The predicted octanol–water partition coefficient (Wildman–Crippen LogP) is 18.5. The molecule has 5 atom stereocenters. The van der Waals surface area contributed by atoms with Gasteiger partial charge in [-0.05, 0) is 186 Å². The third-order valence-electron chi connectivity index (χ3n) is 23.0. The number of halogens is 2. The van der Waals surface area contributed by atoms with Crippen molar-refractivity contribution in [2.24, 2.45) is 20.0 Å². The molecule has 10 aromatic carbocycles. The van der Waals surface area contributed by atoms with Gasteiger partial charge in [0.25, 0.3) is 23.6 Å². The van der Waals surface area contributed by atoms with Crippen molar-refractivity contribution >= 4 is 150 Å². The number of aliphatic imine (C=N–C) groups is 4. The van der Waals surface area contributed by atoms with Crippen LogP contribution >= 0.6 is 23.2 Å². The number of nitrogens with zero attached hydrogens (tertiary/aromatic N) is 8. The van der Waals surface area contributed by atoms with Crippen molar-refractivity contribution in [2.45, 2.75) is 136 Å². The normalized spacial score (nSPS) is 16.6. The summed E-state index contributed by atoms with van der Waals surface area (Å²) in [5.74, 6) is 3.63. The number of aliphatic carboxylic acids is 1. The minimum atomic E-state index is -0.841. The molecule has 0 aromatic heterocycles. The molecule has 654 valence electrons. The lowest BCUT2D eigenvalue weighted by molar-refractivity contribution is -0.137. The van der Waals surface area contributed by atoms with Crippen molar-refractivity contribution in [3.8, 4) is 46.0 Å². The summed E-state index contributed by atoms with van der Waals surface area (Å²) in [7, 11) is 2.96. The first-order chi connectivity index (χ1) is 61.3. The van der Waals surface area contributed by atoms with Crippen LogP contribution in [-0.2, 0) is 82.3 Å². The number of nitrogens with one attached hydrogen (secondary N) is 1. The van der Waals surface area contributed by atoms with E-state index >= 15 is 0 Å². The lowest BCUT2D eigenvalue weighted by Gasteiger charge is -2.22. The summed E-state index contributed by atoms with van der Waals surface area (Å²) in [6.07, 6.45) is 15.1. The van der Waals surface area contributed by atoms with E-state index in [1.54, 1.807) is 41.2 Å². The Labute approximate surface area is 754 Å². The van der Waals surface area contributed by atoms with Crippen LogP contribution in [0.5, 0.6) is 46.0 Å². The lowest BCUT2D eigenvalue weighted by atomic mass is 10.1. The van der Waals surface area contributed by atoms with Crippen LogP contribution in [0.4, 0.5) is 45.5 Å². The number of para-hydroxylation sites is 4. The summed E-state index contributed by atoms with van der Waals surface area (Å²) < 4.78 is 49.6. The number of fused-ring (bicyclic) bond motifs is 16. The number of unbranched alkanes of at least 4 members (excludes halogenated alkanes) is 2. The van der Waals surface area contributed by atoms with E-state index in [0.29, 0.717) is 162 Å². The SMILES string of the molecule is C.COc1cc2c(cc1OCc1cc(COc3cc4c(cc3C)C(=O)N3c5ccccc5C[C@H]3C=N4)cc(OCCCCC(=O)NCCS(C)=S)c1)N=C[C@@H]1Cc3ccccc3N1C2=O.COc1cc2c(cc1OCc1cc(COc3cc4c(cc3C)C(=O)N3c5ccccc5C[C@H]3C=N4)cc(OCCCCC(=O)O)c1)N=C[C@@H]1Cc3ccccc3N1C2=O.ClCCl. The van der Waals surface area contributed by atoms with Crippen LogP contribution < -0.4 is 62.8 Å². The van der Waals surface area contributed by atoms with E-state index in [1.807, 2.05) is 200 Å². The summed E-state index contributed by atoms with van der Waals surface area (Å²) >= 11 is 14.8. The number of alkyl halides is 2. The van der Waals surface area contributed by atoms with Crippen molar-refractivity contribution in [3.63, 3.8) is 0 Å². The Balaban J connectivity index is 0.000000189. The van der Waals surface area contributed by atoms with Gasteiger partial charge in [-0.2, -0.15) is 0 Å². The molecular weight excluding hydrogens is 1690 g/mol. The second kappa shape index (κ2) is 40.3. The summed E-state index contributed by atoms with van der Waals surface area (Å²) in [6.45, 7) is 5.86. The fourth-order valence-corrected chi connectivity index (χ4v) is 17.6. The zero-order valence-electron chi connectivity index (χ0n) is 70.2. The molecule has 8 heterocycles. The molecule has 24 nitrogen and oxygen atoms in total. The van der Waals surface area contributed by atoms with Crippen molar-refractivity contribution in [3.05, 3.63) is 260 Å². The maximum atomic E-state index is 14.0. The predicted molar refractivity (Wildman–Crippen MR) is 502 cm³/mol. The molecule has 2 N–H and O–H groups in total. The number of hydrogen-bond donors (Lipinski definition) is 2. The quantitative estimate of drug-likeness (QED) is 0.0326. The molecule has 0 fully saturated rings. The van der Waals surface area contributed by atoms with Gasteiger partial charge in [0.15, 0.2) is 23.0 Å². The van der Waals surface area contributed by atoms with Gasteiger partial charge >= 0.3 is 5.97 Å². The fraction of sp³-hybridized carbons (Fsp3) is 0.293. The molecule has 0 radical (unpaired) electrons. The highest BCUT2D eigenvalue weighted by Crippen LogP contribution is 2.46. The number of rotatable bonds is 29. The number of methoxy groups -OCH3 is 2. The van der Waals surface area contributed by atoms with E-state index in [-0.39, 0.29) is 109 Å². The maximum Gasteiger partial charge on any atom is 0.303 e. The maximum absolute atomic E-state index is 14.0. The van der Waals surface area contributed by atoms with Crippen LogP contribution in [0.25, 0.3) is 0 Å². The van der Waals surface area contributed by atoms with Crippen molar-refractivity contribution < 1.29 is 71.8 Å². The highest BCUT2D eigenvalue weighted by molar-refractivity contribution is 8.28. The van der Waals surface area contributed by atoms with Crippen LogP contribution in [0.2, 0.25) is 0 Å². The molecule has 0 saturated heterocycles. The van der Waals surface area contributed by atoms with E-state index in [2.05, 4.69) is 17.4 Å². The molecule has 8 aliphatic heterocycles. The molecule has 1 unspecified atom stereocenters. The number of carboxylic acids is 1. The third kappa shape index (κ3) is 19.9. The molecule has 0 bridgehead atoms. The molecule has 10 aromatic rings. The van der Waals surface area contributed by atoms with Crippen molar-refractivity contribution in [1.29, 1.82) is 0 Å². The molecule has 0 aliphatic carbocycles. The zero-order chi connectivity index (χ0) is 87.6. The number of aryl methyl sites for hydroxylation is 2. The molecular formula is C99H97Cl2N9O15S2. The van der Waals surface area contributed by atoms with Crippen LogP contribution in [0.15, 0.2) is 202 Å².